The molecule has 4 nitrogen and oxygen atoms in total. The summed E-state index contributed by atoms with van der Waals surface area (Å²) in [5.74, 6) is -0.190. The number of esters is 1. The first-order valence-electron chi connectivity index (χ1n) is 5.48. The molecule has 2 N–H and O–H groups in total. The molecule has 2 atom stereocenters. The van der Waals surface area contributed by atoms with Crippen molar-refractivity contribution in [3.05, 3.63) is 0 Å². The molecule has 0 spiro atoms. The van der Waals surface area contributed by atoms with Crippen molar-refractivity contribution in [2.45, 2.75) is 38.2 Å². The van der Waals surface area contributed by atoms with E-state index >= 15 is 0 Å². The van der Waals surface area contributed by atoms with E-state index in [1.165, 1.54) is 7.11 Å². The lowest BCUT2D eigenvalue weighted by molar-refractivity contribution is -0.147. The third-order valence-electron chi connectivity index (χ3n) is 3.49. The molecular weight excluding hydrogens is 194 g/mol. The topological polar surface area (TPSA) is 61.5 Å². The summed E-state index contributed by atoms with van der Waals surface area (Å²) in [6.07, 6.45) is 4.69. The molecule has 1 rings (SSSR count). The van der Waals surface area contributed by atoms with Crippen molar-refractivity contribution in [3.8, 4) is 0 Å². The zero-order valence-corrected chi connectivity index (χ0v) is 9.62. The Labute approximate surface area is 91.1 Å². The summed E-state index contributed by atoms with van der Waals surface area (Å²) in [5, 5.41) is 0. The Balaban J connectivity index is 2.74. The van der Waals surface area contributed by atoms with Crippen LogP contribution in [-0.2, 0) is 14.3 Å². The van der Waals surface area contributed by atoms with Gasteiger partial charge in [-0.2, -0.15) is 0 Å². The maximum Gasteiger partial charge on any atom is 0.306 e. The SMILES string of the molecule is COC(=O)CC1(CN)CCCCC1OC. The molecule has 0 aromatic carbocycles. The van der Waals surface area contributed by atoms with Crippen LogP contribution in [0.15, 0.2) is 0 Å². The van der Waals surface area contributed by atoms with Crippen molar-refractivity contribution >= 4 is 5.97 Å². The highest BCUT2D eigenvalue weighted by Crippen LogP contribution is 2.40. The summed E-state index contributed by atoms with van der Waals surface area (Å²) in [7, 11) is 3.11. The summed E-state index contributed by atoms with van der Waals surface area (Å²) in [5.41, 5.74) is 5.61. The summed E-state index contributed by atoms with van der Waals surface area (Å²) >= 11 is 0. The van der Waals surface area contributed by atoms with E-state index in [0.29, 0.717) is 13.0 Å². The fraction of sp³-hybridized carbons (Fsp3) is 0.909. The van der Waals surface area contributed by atoms with E-state index in [1.54, 1.807) is 7.11 Å². The maximum absolute atomic E-state index is 11.4. The molecule has 1 fully saturated rings. The van der Waals surface area contributed by atoms with Crippen LogP contribution in [0.4, 0.5) is 0 Å². The highest BCUT2D eigenvalue weighted by atomic mass is 16.5. The average Bonchev–Trinajstić information content (AvgIpc) is 2.29. The van der Waals surface area contributed by atoms with E-state index in [0.717, 1.165) is 25.7 Å². The van der Waals surface area contributed by atoms with Gasteiger partial charge in [0.1, 0.15) is 0 Å². The first-order chi connectivity index (χ1) is 7.18. The van der Waals surface area contributed by atoms with Crippen LogP contribution in [0.1, 0.15) is 32.1 Å². The average molecular weight is 215 g/mol. The Morgan fingerprint density at radius 3 is 2.73 bits per heavy atom. The van der Waals surface area contributed by atoms with Gasteiger partial charge in [-0.1, -0.05) is 12.8 Å². The van der Waals surface area contributed by atoms with E-state index in [4.69, 9.17) is 15.2 Å². The number of carbonyl (C=O) groups is 1. The lowest BCUT2D eigenvalue weighted by Gasteiger charge is -2.41. The van der Waals surface area contributed by atoms with Gasteiger partial charge in [0.25, 0.3) is 0 Å². The van der Waals surface area contributed by atoms with Crippen molar-refractivity contribution in [1.82, 2.24) is 0 Å². The Morgan fingerprint density at radius 2 is 2.20 bits per heavy atom. The first-order valence-corrected chi connectivity index (χ1v) is 5.48. The molecule has 1 aliphatic carbocycles. The molecule has 1 saturated carbocycles. The molecule has 0 heterocycles. The predicted octanol–water partition coefficient (Wildman–Crippen LogP) is 1.08. The van der Waals surface area contributed by atoms with Crippen molar-refractivity contribution in [3.63, 3.8) is 0 Å². The van der Waals surface area contributed by atoms with Crippen LogP contribution >= 0.6 is 0 Å². The van der Waals surface area contributed by atoms with Crippen LogP contribution in [0.5, 0.6) is 0 Å². The van der Waals surface area contributed by atoms with Gasteiger partial charge in [-0.25, -0.2) is 0 Å². The van der Waals surface area contributed by atoms with Crippen molar-refractivity contribution < 1.29 is 14.3 Å². The van der Waals surface area contributed by atoms with Gasteiger partial charge in [0.05, 0.1) is 19.6 Å². The molecule has 0 aromatic rings. The molecule has 2 unspecified atom stereocenters. The third-order valence-corrected chi connectivity index (χ3v) is 3.49. The molecule has 88 valence electrons. The second-order valence-corrected chi connectivity index (χ2v) is 4.29. The van der Waals surface area contributed by atoms with Crippen molar-refractivity contribution in [1.29, 1.82) is 0 Å². The van der Waals surface area contributed by atoms with Crippen LogP contribution < -0.4 is 5.73 Å². The van der Waals surface area contributed by atoms with Crippen LogP contribution in [-0.4, -0.2) is 32.8 Å². The van der Waals surface area contributed by atoms with Gasteiger partial charge >= 0.3 is 5.97 Å². The quantitative estimate of drug-likeness (QED) is 0.713. The Hall–Kier alpha value is -0.610. The van der Waals surface area contributed by atoms with Gasteiger partial charge in [0.2, 0.25) is 0 Å². The monoisotopic (exact) mass is 215 g/mol. The van der Waals surface area contributed by atoms with Crippen LogP contribution in [0.25, 0.3) is 0 Å². The highest BCUT2D eigenvalue weighted by Gasteiger charge is 2.41. The minimum atomic E-state index is -0.208. The van der Waals surface area contributed by atoms with Crippen molar-refractivity contribution in [2.24, 2.45) is 11.1 Å². The van der Waals surface area contributed by atoms with E-state index in [2.05, 4.69) is 0 Å². The molecule has 1 aliphatic rings. The van der Waals surface area contributed by atoms with E-state index in [9.17, 15) is 4.79 Å². The molecule has 0 bridgehead atoms. The molecule has 15 heavy (non-hydrogen) atoms. The van der Waals surface area contributed by atoms with Gasteiger partial charge in [-0.05, 0) is 12.8 Å². The molecule has 0 amide bonds. The lowest BCUT2D eigenvalue weighted by atomic mass is 9.69. The number of ether oxygens (including phenoxy) is 2. The zero-order chi connectivity index (χ0) is 11.3. The fourth-order valence-corrected chi connectivity index (χ4v) is 2.51. The predicted molar refractivity (Wildman–Crippen MR) is 57.4 cm³/mol. The molecule has 0 aliphatic heterocycles. The maximum atomic E-state index is 11.4. The summed E-state index contributed by atoms with van der Waals surface area (Å²) < 4.78 is 10.2. The minimum absolute atomic E-state index is 0.0929. The third kappa shape index (κ3) is 2.69. The minimum Gasteiger partial charge on any atom is -0.469 e. The van der Waals surface area contributed by atoms with E-state index < -0.39 is 0 Å². The zero-order valence-electron chi connectivity index (χ0n) is 9.62. The first kappa shape index (κ1) is 12.5. The normalized spacial score (nSPS) is 31.3. The Kier molecular flexibility index (Phi) is 4.54. The number of methoxy groups -OCH3 is 2. The highest BCUT2D eigenvalue weighted by molar-refractivity contribution is 5.70. The fourth-order valence-electron chi connectivity index (χ4n) is 2.51. The van der Waals surface area contributed by atoms with Crippen molar-refractivity contribution in [2.75, 3.05) is 20.8 Å². The van der Waals surface area contributed by atoms with Gasteiger partial charge in [-0.15, -0.1) is 0 Å². The standard InChI is InChI=1S/C11H21NO3/c1-14-9-5-3-4-6-11(9,8-12)7-10(13)15-2/h9H,3-8,12H2,1-2H3. The largest absolute Gasteiger partial charge is 0.469 e. The number of carbonyl (C=O) groups excluding carboxylic acids is 1. The van der Waals surface area contributed by atoms with Gasteiger partial charge < -0.3 is 15.2 Å². The molecule has 0 aromatic heterocycles. The summed E-state index contributed by atoms with van der Waals surface area (Å²) in [6.45, 7) is 0.487. The van der Waals surface area contributed by atoms with Crippen LogP contribution in [0, 0.1) is 5.41 Å². The molecule has 0 saturated heterocycles. The van der Waals surface area contributed by atoms with Crippen LogP contribution in [0.2, 0.25) is 0 Å². The second kappa shape index (κ2) is 5.47. The number of hydrogen-bond donors (Lipinski definition) is 1. The number of nitrogens with two attached hydrogens (primary N) is 1. The summed E-state index contributed by atoms with van der Waals surface area (Å²) in [6, 6.07) is 0. The smallest absolute Gasteiger partial charge is 0.306 e. The van der Waals surface area contributed by atoms with Gasteiger partial charge in [0.15, 0.2) is 0 Å². The molecule has 4 heteroatoms. The Bertz CT molecular complexity index is 220. The van der Waals surface area contributed by atoms with Gasteiger partial charge in [-0.3, -0.25) is 4.79 Å². The summed E-state index contributed by atoms with van der Waals surface area (Å²) in [4.78, 5) is 11.4. The molecule has 0 radical (unpaired) electrons. The second-order valence-electron chi connectivity index (χ2n) is 4.29. The van der Waals surface area contributed by atoms with Gasteiger partial charge in [0, 0.05) is 19.1 Å². The van der Waals surface area contributed by atoms with E-state index in [1.807, 2.05) is 0 Å². The number of rotatable bonds is 4. The van der Waals surface area contributed by atoms with E-state index in [-0.39, 0.29) is 17.5 Å². The van der Waals surface area contributed by atoms with Crippen LogP contribution in [0.3, 0.4) is 0 Å². The molecular formula is C11H21NO3. The Morgan fingerprint density at radius 1 is 1.47 bits per heavy atom. The number of hydrogen-bond acceptors (Lipinski definition) is 4. The lowest BCUT2D eigenvalue weighted by Crippen LogP contribution is -2.46.